The number of halogens is 1. The van der Waals surface area contributed by atoms with Crippen LogP contribution in [-0.4, -0.2) is 22.8 Å². The SMILES string of the molecule is CC(C)(C)OC(=O)NC1CCc2c(F)cc(C(=O)O)cc21. The molecule has 0 aromatic heterocycles. The van der Waals surface area contributed by atoms with E-state index >= 15 is 0 Å². The highest BCUT2D eigenvalue weighted by atomic mass is 19.1. The van der Waals surface area contributed by atoms with Crippen molar-refractivity contribution in [1.29, 1.82) is 0 Å². The lowest BCUT2D eigenvalue weighted by atomic mass is 10.0. The molecule has 0 saturated heterocycles. The number of alkyl carbamates (subject to hydrolysis) is 1. The van der Waals surface area contributed by atoms with E-state index in [1.807, 2.05) is 0 Å². The molecule has 0 spiro atoms. The van der Waals surface area contributed by atoms with Gasteiger partial charge in [0.1, 0.15) is 11.4 Å². The number of aromatic carboxylic acids is 1. The van der Waals surface area contributed by atoms with Gasteiger partial charge in [0, 0.05) is 0 Å². The van der Waals surface area contributed by atoms with Gasteiger partial charge in [-0.25, -0.2) is 14.0 Å². The highest BCUT2D eigenvalue weighted by Crippen LogP contribution is 2.34. The van der Waals surface area contributed by atoms with Crippen LogP contribution in [0.2, 0.25) is 0 Å². The van der Waals surface area contributed by atoms with Crippen molar-refractivity contribution >= 4 is 12.1 Å². The van der Waals surface area contributed by atoms with Crippen molar-refractivity contribution in [1.82, 2.24) is 5.32 Å². The number of nitrogens with one attached hydrogen (secondary N) is 1. The van der Waals surface area contributed by atoms with Gasteiger partial charge in [0.05, 0.1) is 11.6 Å². The molecule has 6 heteroatoms. The van der Waals surface area contributed by atoms with Crippen LogP contribution in [0.25, 0.3) is 0 Å². The first-order valence-corrected chi connectivity index (χ1v) is 6.72. The van der Waals surface area contributed by atoms with Crippen LogP contribution in [0.3, 0.4) is 0 Å². The molecule has 0 saturated carbocycles. The first-order valence-electron chi connectivity index (χ1n) is 6.72. The third-order valence-corrected chi connectivity index (χ3v) is 3.23. The zero-order valence-electron chi connectivity index (χ0n) is 12.2. The zero-order valence-corrected chi connectivity index (χ0v) is 12.2. The second-order valence-electron chi connectivity index (χ2n) is 6.07. The maximum Gasteiger partial charge on any atom is 0.408 e. The lowest BCUT2D eigenvalue weighted by molar-refractivity contribution is 0.0503. The number of carbonyl (C=O) groups excluding carboxylic acids is 1. The van der Waals surface area contributed by atoms with E-state index in [0.717, 1.165) is 6.07 Å². The van der Waals surface area contributed by atoms with Crippen molar-refractivity contribution in [3.8, 4) is 0 Å². The Hall–Kier alpha value is -2.11. The van der Waals surface area contributed by atoms with Crippen LogP contribution in [-0.2, 0) is 11.2 Å². The number of amides is 1. The Morgan fingerprint density at radius 1 is 1.38 bits per heavy atom. The molecule has 5 nitrogen and oxygen atoms in total. The standard InChI is InChI=1S/C15H18FNO4/c1-15(2,3)21-14(20)17-12-5-4-9-10(12)6-8(13(18)19)7-11(9)16/h6-7,12H,4-5H2,1-3H3,(H,17,20)(H,18,19). The van der Waals surface area contributed by atoms with Gasteiger partial charge in [-0.3, -0.25) is 0 Å². The minimum absolute atomic E-state index is 0.121. The van der Waals surface area contributed by atoms with Crippen LogP contribution < -0.4 is 5.32 Å². The monoisotopic (exact) mass is 295 g/mol. The highest BCUT2D eigenvalue weighted by molar-refractivity contribution is 5.88. The van der Waals surface area contributed by atoms with Gasteiger partial charge in [-0.1, -0.05) is 0 Å². The van der Waals surface area contributed by atoms with Gasteiger partial charge in [0.2, 0.25) is 0 Å². The molecule has 2 N–H and O–H groups in total. The van der Waals surface area contributed by atoms with E-state index < -0.39 is 29.5 Å². The number of ether oxygens (including phenoxy) is 1. The van der Waals surface area contributed by atoms with E-state index in [0.29, 0.717) is 24.0 Å². The lowest BCUT2D eigenvalue weighted by Gasteiger charge is -2.22. The molecule has 1 atom stereocenters. The summed E-state index contributed by atoms with van der Waals surface area (Å²) in [5.74, 6) is -1.74. The van der Waals surface area contributed by atoms with Gasteiger partial charge in [-0.2, -0.15) is 0 Å². The number of carbonyl (C=O) groups is 2. The molecule has 1 aliphatic carbocycles. The number of carboxylic acids is 1. The first-order chi connectivity index (χ1) is 9.67. The quantitative estimate of drug-likeness (QED) is 0.879. The Morgan fingerprint density at radius 2 is 2.05 bits per heavy atom. The van der Waals surface area contributed by atoms with E-state index in [9.17, 15) is 14.0 Å². The molecule has 1 amide bonds. The molecule has 0 fully saturated rings. The fourth-order valence-corrected chi connectivity index (χ4v) is 2.40. The molecule has 0 radical (unpaired) electrons. The largest absolute Gasteiger partial charge is 0.478 e. The minimum Gasteiger partial charge on any atom is -0.478 e. The summed E-state index contributed by atoms with van der Waals surface area (Å²) in [6, 6.07) is 2.00. The van der Waals surface area contributed by atoms with Crippen molar-refractivity contribution < 1.29 is 23.8 Å². The fraction of sp³-hybridized carbons (Fsp3) is 0.467. The van der Waals surface area contributed by atoms with E-state index in [1.165, 1.54) is 6.07 Å². The van der Waals surface area contributed by atoms with Gasteiger partial charge in [-0.05, 0) is 56.9 Å². The summed E-state index contributed by atoms with van der Waals surface area (Å²) in [6.07, 6.45) is 0.386. The topological polar surface area (TPSA) is 75.6 Å². The van der Waals surface area contributed by atoms with Gasteiger partial charge < -0.3 is 15.2 Å². The summed E-state index contributed by atoms with van der Waals surface area (Å²) in [5, 5.41) is 11.6. The highest BCUT2D eigenvalue weighted by Gasteiger charge is 2.29. The maximum atomic E-state index is 13.9. The second-order valence-corrected chi connectivity index (χ2v) is 6.07. The normalized spacial score (nSPS) is 17.2. The number of fused-ring (bicyclic) bond motifs is 1. The summed E-state index contributed by atoms with van der Waals surface area (Å²) >= 11 is 0. The lowest BCUT2D eigenvalue weighted by Crippen LogP contribution is -2.34. The zero-order chi connectivity index (χ0) is 15.8. The Bertz CT molecular complexity index is 592. The summed E-state index contributed by atoms with van der Waals surface area (Å²) < 4.78 is 19.0. The van der Waals surface area contributed by atoms with Gasteiger partial charge >= 0.3 is 12.1 Å². The van der Waals surface area contributed by atoms with E-state index in [4.69, 9.17) is 9.84 Å². The third-order valence-electron chi connectivity index (χ3n) is 3.23. The smallest absolute Gasteiger partial charge is 0.408 e. The average molecular weight is 295 g/mol. The van der Waals surface area contributed by atoms with E-state index in [1.54, 1.807) is 20.8 Å². The van der Waals surface area contributed by atoms with Gasteiger partial charge in [0.25, 0.3) is 0 Å². The average Bonchev–Trinajstić information content (AvgIpc) is 2.70. The molecule has 0 aliphatic heterocycles. The maximum absolute atomic E-state index is 13.9. The Kier molecular flexibility index (Phi) is 3.89. The molecule has 1 aromatic carbocycles. The summed E-state index contributed by atoms with van der Waals surface area (Å²) in [7, 11) is 0. The fourth-order valence-electron chi connectivity index (χ4n) is 2.40. The Morgan fingerprint density at radius 3 is 2.62 bits per heavy atom. The van der Waals surface area contributed by atoms with Crippen molar-refractivity contribution in [2.24, 2.45) is 0 Å². The number of rotatable bonds is 2. The number of hydrogen-bond donors (Lipinski definition) is 2. The predicted molar refractivity (Wildman–Crippen MR) is 73.8 cm³/mol. The number of carboxylic acid groups (broad SMARTS) is 1. The molecule has 114 valence electrons. The molecule has 0 bridgehead atoms. The van der Waals surface area contributed by atoms with Gasteiger partial charge in [0.15, 0.2) is 0 Å². The molecule has 0 heterocycles. The van der Waals surface area contributed by atoms with Crippen LogP contribution in [0.4, 0.5) is 9.18 Å². The predicted octanol–water partition coefficient (Wildman–Crippen LogP) is 3.04. The Balaban J connectivity index is 2.21. The summed E-state index contributed by atoms with van der Waals surface area (Å²) in [6.45, 7) is 5.24. The molecular weight excluding hydrogens is 277 g/mol. The van der Waals surface area contributed by atoms with Crippen molar-refractivity contribution in [3.05, 3.63) is 34.6 Å². The second kappa shape index (κ2) is 5.35. The summed E-state index contributed by atoms with van der Waals surface area (Å²) in [5.41, 5.74) is 0.225. The van der Waals surface area contributed by atoms with Crippen molar-refractivity contribution in [3.63, 3.8) is 0 Å². The molecule has 1 unspecified atom stereocenters. The molecule has 21 heavy (non-hydrogen) atoms. The third kappa shape index (κ3) is 3.51. The van der Waals surface area contributed by atoms with Crippen LogP contribution in [0.1, 0.15) is 54.7 Å². The minimum atomic E-state index is -1.19. The molecule has 1 aliphatic rings. The van der Waals surface area contributed by atoms with Crippen LogP contribution in [0, 0.1) is 5.82 Å². The van der Waals surface area contributed by atoms with Crippen molar-refractivity contribution in [2.75, 3.05) is 0 Å². The molecule has 1 aromatic rings. The van der Waals surface area contributed by atoms with Gasteiger partial charge in [-0.15, -0.1) is 0 Å². The molecular formula is C15H18FNO4. The Labute approximate surface area is 122 Å². The summed E-state index contributed by atoms with van der Waals surface area (Å²) in [4.78, 5) is 22.8. The van der Waals surface area contributed by atoms with E-state index in [2.05, 4.69) is 5.32 Å². The van der Waals surface area contributed by atoms with Crippen LogP contribution >= 0.6 is 0 Å². The molecule has 2 rings (SSSR count). The number of hydrogen-bond acceptors (Lipinski definition) is 3. The van der Waals surface area contributed by atoms with Crippen LogP contribution in [0.15, 0.2) is 12.1 Å². The van der Waals surface area contributed by atoms with E-state index in [-0.39, 0.29) is 5.56 Å². The van der Waals surface area contributed by atoms with Crippen molar-refractivity contribution in [2.45, 2.75) is 45.3 Å². The first kappa shape index (κ1) is 15.3. The number of benzene rings is 1. The van der Waals surface area contributed by atoms with Crippen LogP contribution in [0.5, 0.6) is 0 Å².